The number of nitrogens with zero attached hydrogens (tertiary/aromatic N) is 4. The Labute approximate surface area is 123 Å². The van der Waals surface area contributed by atoms with Crippen molar-refractivity contribution in [3.05, 3.63) is 24.8 Å². The van der Waals surface area contributed by atoms with Crippen LogP contribution in [-0.2, 0) is 6.54 Å². The van der Waals surface area contributed by atoms with Crippen molar-refractivity contribution in [3.63, 3.8) is 0 Å². The number of unbranched alkanes of at least 4 members (excludes halogenated alkanes) is 1. The van der Waals surface area contributed by atoms with Gasteiger partial charge in [0.2, 0.25) is 0 Å². The Kier molecular flexibility index (Phi) is 5.67. The van der Waals surface area contributed by atoms with Crippen molar-refractivity contribution in [1.82, 2.24) is 19.5 Å². The number of rotatable bonds is 8. The predicted octanol–water partition coefficient (Wildman–Crippen LogP) is 2.33. The van der Waals surface area contributed by atoms with Gasteiger partial charge in [-0.15, -0.1) is 0 Å². The quantitative estimate of drug-likeness (QED) is 0.442. The van der Waals surface area contributed by atoms with E-state index in [2.05, 4.69) is 30.2 Å². The zero-order valence-electron chi connectivity index (χ0n) is 11.8. The van der Waals surface area contributed by atoms with Crippen LogP contribution in [0.5, 0.6) is 0 Å². The summed E-state index contributed by atoms with van der Waals surface area (Å²) < 4.78 is 2.09. The number of aryl methyl sites for hydroxylation is 1. The van der Waals surface area contributed by atoms with Crippen molar-refractivity contribution in [1.29, 1.82) is 0 Å². The van der Waals surface area contributed by atoms with Crippen molar-refractivity contribution >= 4 is 23.4 Å². The Morgan fingerprint density at radius 1 is 1.25 bits per heavy atom. The fourth-order valence-electron chi connectivity index (χ4n) is 1.79. The van der Waals surface area contributed by atoms with E-state index in [-0.39, 0.29) is 0 Å². The first-order chi connectivity index (χ1) is 9.81. The molecule has 0 spiro atoms. The average molecular weight is 292 g/mol. The van der Waals surface area contributed by atoms with Gasteiger partial charge in [-0.3, -0.25) is 0 Å². The Morgan fingerprint density at radius 3 is 2.80 bits per heavy atom. The number of anilines is 2. The third kappa shape index (κ3) is 4.41. The van der Waals surface area contributed by atoms with E-state index in [1.807, 2.05) is 38.1 Å². The zero-order chi connectivity index (χ0) is 14.2. The van der Waals surface area contributed by atoms with Gasteiger partial charge in [0.25, 0.3) is 0 Å². The lowest BCUT2D eigenvalue weighted by atomic mass is 10.3. The second-order valence-corrected chi connectivity index (χ2v) is 5.08. The van der Waals surface area contributed by atoms with Gasteiger partial charge in [0.1, 0.15) is 11.6 Å². The highest BCUT2D eigenvalue weighted by Gasteiger charge is 2.02. The molecule has 0 aromatic carbocycles. The first-order valence-electron chi connectivity index (χ1n) is 6.62. The molecule has 20 heavy (non-hydrogen) atoms. The second-order valence-electron chi connectivity index (χ2n) is 4.31. The van der Waals surface area contributed by atoms with Gasteiger partial charge in [-0.1, -0.05) is 11.8 Å². The van der Waals surface area contributed by atoms with Gasteiger partial charge in [0, 0.05) is 38.6 Å². The molecule has 0 unspecified atom stereocenters. The molecule has 0 aliphatic rings. The van der Waals surface area contributed by atoms with Gasteiger partial charge < -0.3 is 15.2 Å². The fourth-order valence-corrected chi connectivity index (χ4v) is 2.17. The molecule has 0 aliphatic heterocycles. The van der Waals surface area contributed by atoms with E-state index in [1.54, 1.807) is 11.8 Å². The van der Waals surface area contributed by atoms with Gasteiger partial charge in [-0.05, 0) is 19.1 Å². The van der Waals surface area contributed by atoms with Crippen LogP contribution >= 0.6 is 11.8 Å². The minimum atomic E-state index is 0.776. The largest absolute Gasteiger partial charge is 0.373 e. The first kappa shape index (κ1) is 14.6. The molecule has 2 aromatic heterocycles. The number of hydrogen-bond acceptors (Lipinski definition) is 6. The van der Waals surface area contributed by atoms with E-state index >= 15 is 0 Å². The molecule has 2 heterocycles. The fraction of sp³-hybridized carbons (Fsp3) is 0.462. The number of imidazole rings is 1. The molecular weight excluding hydrogens is 272 g/mol. The molecule has 0 bridgehead atoms. The standard InChI is InChI=1S/C13H20N6S/c1-14-11-9-12(18-13(17-11)20-2)16-5-3-4-7-19-8-6-15-10-19/h6,8-10H,3-5,7H2,1-2H3,(H2,14,16,17,18). The Hall–Kier alpha value is -1.76. The number of thioether (sulfide) groups is 1. The summed E-state index contributed by atoms with van der Waals surface area (Å²) in [4.78, 5) is 12.8. The molecule has 2 N–H and O–H groups in total. The number of hydrogen-bond donors (Lipinski definition) is 2. The molecule has 0 aliphatic carbocycles. The van der Waals surface area contributed by atoms with Crippen LogP contribution in [0.25, 0.3) is 0 Å². The van der Waals surface area contributed by atoms with Crippen molar-refractivity contribution in [3.8, 4) is 0 Å². The van der Waals surface area contributed by atoms with Crippen LogP contribution in [0, 0.1) is 0 Å². The molecule has 0 amide bonds. The van der Waals surface area contributed by atoms with Crippen molar-refractivity contribution < 1.29 is 0 Å². The first-order valence-corrected chi connectivity index (χ1v) is 7.84. The van der Waals surface area contributed by atoms with Crippen molar-refractivity contribution in [2.45, 2.75) is 24.5 Å². The Morgan fingerprint density at radius 2 is 2.10 bits per heavy atom. The molecule has 6 nitrogen and oxygen atoms in total. The SMILES string of the molecule is CNc1cc(NCCCCn2ccnc2)nc(SC)n1. The molecule has 0 fully saturated rings. The third-order valence-corrected chi connectivity index (χ3v) is 3.40. The highest BCUT2D eigenvalue weighted by molar-refractivity contribution is 7.98. The molecule has 2 rings (SSSR count). The van der Waals surface area contributed by atoms with Crippen LogP contribution in [0.3, 0.4) is 0 Å². The van der Waals surface area contributed by atoms with Crippen LogP contribution in [0.2, 0.25) is 0 Å². The smallest absolute Gasteiger partial charge is 0.191 e. The molecule has 0 radical (unpaired) electrons. The summed E-state index contributed by atoms with van der Waals surface area (Å²) in [6, 6.07) is 1.93. The average Bonchev–Trinajstić information content (AvgIpc) is 2.99. The Balaban J connectivity index is 1.75. The van der Waals surface area contributed by atoms with E-state index in [9.17, 15) is 0 Å². The minimum Gasteiger partial charge on any atom is -0.373 e. The van der Waals surface area contributed by atoms with Gasteiger partial charge >= 0.3 is 0 Å². The van der Waals surface area contributed by atoms with Crippen LogP contribution in [-0.4, -0.2) is 39.4 Å². The second kappa shape index (κ2) is 7.74. The summed E-state index contributed by atoms with van der Waals surface area (Å²) in [5.41, 5.74) is 0. The molecular formula is C13H20N6S. The summed E-state index contributed by atoms with van der Waals surface area (Å²) in [5.74, 6) is 1.71. The zero-order valence-corrected chi connectivity index (χ0v) is 12.7. The number of nitrogens with one attached hydrogen (secondary N) is 2. The van der Waals surface area contributed by atoms with E-state index in [1.165, 1.54) is 0 Å². The van der Waals surface area contributed by atoms with Crippen LogP contribution < -0.4 is 10.6 Å². The number of aromatic nitrogens is 4. The summed E-state index contributed by atoms with van der Waals surface area (Å²) in [7, 11) is 1.86. The van der Waals surface area contributed by atoms with E-state index in [4.69, 9.17) is 0 Å². The molecule has 2 aromatic rings. The van der Waals surface area contributed by atoms with Crippen LogP contribution in [0.4, 0.5) is 11.6 Å². The highest BCUT2D eigenvalue weighted by Crippen LogP contribution is 2.16. The molecule has 0 saturated heterocycles. The van der Waals surface area contributed by atoms with Crippen molar-refractivity contribution in [2.75, 3.05) is 30.5 Å². The lowest BCUT2D eigenvalue weighted by Gasteiger charge is -2.09. The topological polar surface area (TPSA) is 67.7 Å². The van der Waals surface area contributed by atoms with Gasteiger partial charge in [-0.2, -0.15) is 0 Å². The third-order valence-electron chi connectivity index (χ3n) is 2.85. The van der Waals surface area contributed by atoms with Crippen molar-refractivity contribution in [2.24, 2.45) is 0 Å². The van der Waals surface area contributed by atoms with E-state index in [0.29, 0.717) is 0 Å². The maximum atomic E-state index is 4.43. The maximum Gasteiger partial charge on any atom is 0.191 e. The summed E-state index contributed by atoms with van der Waals surface area (Å²) in [6.07, 6.45) is 9.82. The maximum absolute atomic E-state index is 4.43. The van der Waals surface area contributed by atoms with E-state index < -0.39 is 0 Å². The summed E-state index contributed by atoms with van der Waals surface area (Å²) in [6.45, 7) is 1.91. The Bertz CT molecular complexity index is 491. The molecule has 108 valence electrons. The predicted molar refractivity (Wildman–Crippen MR) is 83.3 cm³/mol. The molecule has 0 atom stereocenters. The normalized spacial score (nSPS) is 10.5. The van der Waals surface area contributed by atoms with Crippen LogP contribution in [0.1, 0.15) is 12.8 Å². The monoisotopic (exact) mass is 292 g/mol. The lowest BCUT2D eigenvalue weighted by Crippen LogP contribution is -2.07. The molecule has 0 saturated carbocycles. The van der Waals surface area contributed by atoms with Gasteiger partial charge in [0.15, 0.2) is 5.16 Å². The highest BCUT2D eigenvalue weighted by atomic mass is 32.2. The van der Waals surface area contributed by atoms with Gasteiger partial charge in [0.05, 0.1) is 6.33 Å². The van der Waals surface area contributed by atoms with Gasteiger partial charge in [-0.25, -0.2) is 15.0 Å². The summed E-state index contributed by atoms with van der Waals surface area (Å²) >= 11 is 1.54. The van der Waals surface area contributed by atoms with Crippen LogP contribution in [0.15, 0.2) is 29.9 Å². The minimum absolute atomic E-state index is 0.776. The molecule has 7 heteroatoms. The lowest BCUT2D eigenvalue weighted by molar-refractivity contribution is 0.620. The summed E-state index contributed by atoms with van der Waals surface area (Å²) in [5, 5.41) is 7.17. The van der Waals surface area contributed by atoms with E-state index in [0.717, 1.165) is 42.7 Å².